The number of nitrogens with one attached hydrogen (secondary N) is 3. The molecule has 1 amide bonds. The molecule has 1 aromatic heterocycles. The van der Waals surface area contributed by atoms with Crippen molar-refractivity contribution in [1.82, 2.24) is 15.8 Å². The maximum atomic E-state index is 12.6. The number of amides is 1. The maximum Gasteiger partial charge on any atom is 0.283 e. The molecule has 1 aliphatic carbocycles. The molecule has 6 nitrogen and oxygen atoms in total. The molecule has 3 N–H and O–H groups in total. The van der Waals surface area contributed by atoms with E-state index in [1.54, 1.807) is 12.1 Å². The Morgan fingerprint density at radius 1 is 1.06 bits per heavy atom. The quantitative estimate of drug-likeness (QED) is 0.397. The van der Waals surface area contributed by atoms with E-state index in [1.807, 2.05) is 36.4 Å². The molecule has 2 heterocycles. The minimum absolute atomic E-state index is 0.166. The number of pyridine rings is 1. The number of carbonyl (C=O) groups excluding carboxylic acids is 1. The molecule has 2 aromatic carbocycles. The minimum atomic E-state index is -0.226. The molecule has 3 aromatic rings. The van der Waals surface area contributed by atoms with Crippen LogP contribution in [0.3, 0.4) is 0 Å². The summed E-state index contributed by atoms with van der Waals surface area (Å²) in [7, 11) is 0. The largest absolute Gasteiger partial charge is 0.486 e. The number of rotatable bonds is 6. The van der Waals surface area contributed by atoms with Crippen molar-refractivity contribution >= 4 is 45.7 Å². The van der Waals surface area contributed by atoms with Crippen LogP contribution < -0.4 is 20.9 Å². The third kappa shape index (κ3) is 5.35. The Morgan fingerprint density at radius 2 is 1.91 bits per heavy atom. The molecule has 33 heavy (non-hydrogen) atoms. The van der Waals surface area contributed by atoms with E-state index in [4.69, 9.17) is 27.9 Å². The average molecular weight is 485 g/mol. The molecule has 0 saturated heterocycles. The lowest BCUT2D eigenvalue weighted by molar-refractivity contribution is 0.0920. The van der Waals surface area contributed by atoms with Crippen molar-refractivity contribution in [1.29, 1.82) is 0 Å². The predicted molar refractivity (Wildman–Crippen MR) is 132 cm³/mol. The van der Waals surface area contributed by atoms with Crippen molar-refractivity contribution in [2.45, 2.75) is 44.2 Å². The Kier molecular flexibility index (Phi) is 6.58. The molecule has 3 atom stereocenters. The number of hydrogen-bond donors (Lipinski definition) is 3. The normalized spacial score (nSPS) is 21.8. The van der Waals surface area contributed by atoms with E-state index in [0.717, 1.165) is 61.0 Å². The first-order chi connectivity index (χ1) is 16.0. The summed E-state index contributed by atoms with van der Waals surface area (Å²) >= 11 is 12.1. The lowest BCUT2D eigenvalue weighted by Crippen LogP contribution is -2.43. The number of ether oxygens (including phenoxy) is 1. The Hall–Kier alpha value is -2.54. The summed E-state index contributed by atoms with van der Waals surface area (Å²) in [6.45, 7) is 0.794. The van der Waals surface area contributed by atoms with Gasteiger partial charge in [0.25, 0.3) is 5.91 Å². The SMILES string of the molecule is O=C(NNC1CCC(CCC2CNc3cc(Cl)ccc3O2)C1)c1ccc2cc(Cl)ccc2n1. The molecular formula is C25H26Cl2N4O2. The van der Waals surface area contributed by atoms with Gasteiger partial charge in [0, 0.05) is 21.5 Å². The van der Waals surface area contributed by atoms with Crippen molar-refractivity contribution < 1.29 is 9.53 Å². The van der Waals surface area contributed by atoms with Crippen LogP contribution in [0.25, 0.3) is 10.9 Å². The summed E-state index contributed by atoms with van der Waals surface area (Å²) in [6, 6.07) is 15.0. The predicted octanol–water partition coefficient (Wildman–Crippen LogP) is 5.60. The molecule has 3 unspecified atom stereocenters. The van der Waals surface area contributed by atoms with Crippen molar-refractivity contribution in [2.24, 2.45) is 5.92 Å². The summed E-state index contributed by atoms with van der Waals surface area (Å²) < 4.78 is 6.13. The van der Waals surface area contributed by atoms with Gasteiger partial charge in [0.15, 0.2) is 0 Å². The highest BCUT2D eigenvalue weighted by molar-refractivity contribution is 6.31. The fraction of sp³-hybridized carbons (Fsp3) is 0.360. The van der Waals surface area contributed by atoms with Crippen molar-refractivity contribution in [2.75, 3.05) is 11.9 Å². The average Bonchev–Trinajstić information content (AvgIpc) is 3.28. The van der Waals surface area contributed by atoms with Crippen molar-refractivity contribution in [3.05, 3.63) is 64.3 Å². The monoisotopic (exact) mass is 484 g/mol. The number of hydrogen-bond acceptors (Lipinski definition) is 5. The topological polar surface area (TPSA) is 75.3 Å². The van der Waals surface area contributed by atoms with Crippen molar-refractivity contribution in [3.8, 4) is 5.75 Å². The number of carbonyl (C=O) groups is 1. The van der Waals surface area contributed by atoms with E-state index < -0.39 is 0 Å². The van der Waals surface area contributed by atoms with E-state index in [2.05, 4.69) is 21.2 Å². The fourth-order valence-electron chi connectivity index (χ4n) is 4.69. The van der Waals surface area contributed by atoms with Gasteiger partial charge >= 0.3 is 0 Å². The molecule has 2 aliphatic rings. The van der Waals surface area contributed by atoms with Gasteiger partial charge in [-0.05, 0) is 80.5 Å². The highest BCUT2D eigenvalue weighted by Crippen LogP contribution is 2.34. The van der Waals surface area contributed by atoms with Crippen LogP contribution in [0.1, 0.15) is 42.6 Å². The first-order valence-electron chi connectivity index (χ1n) is 11.4. The lowest BCUT2D eigenvalue weighted by atomic mass is 9.98. The molecule has 172 valence electrons. The molecular weight excluding hydrogens is 459 g/mol. The highest BCUT2D eigenvalue weighted by atomic mass is 35.5. The molecule has 0 spiro atoms. The summed E-state index contributed by atoms with van der Waals surface area (Å²) in [5.74, 6) is 1.27. The second kappa shape index (κ2) is 9.75. The summed E-state index contributed by atoms with van der Waals surface area (Å²) in [6.07, 6.45) is 5.50. The molecule has 8 heteroatoms. The van der Waals surface area contributed by atoms with E-state index in [0.29, 0.717) is 21.7 Å². The molecule has 1 fully saturated rings. The first-order valence-corrected chi connectivity index (χ1v) is 12.1. The molecule has 1 aliphatic heterocycles. The van der Waals surface area contributed by atoms with Crippen LogP contribution in [0, 0.1) is 5.92 Å². The van der Waals surface area contributed by atoms with Crippen LogP contribution in [-0.4, -0.2) is 29.6 Å². The zero-order chi connectivity index (χ0) is 22.8. The van der Waals surface area contributed by atoms with Crippen LogP contribution in [0.2, 0.25) is 10.0 Å². The van der Waals surface area contributed by atoms with E-state index in [1.165, 1.54) is 0 Å². The Labute approximate surface area is 203 Å². The van der Waals surface area contributed by atoms with Crippen LogP contribution in [0.15, 0.2) is 48.5 Å². The van der Waals surface area contributed by atoms with E-state index in [-0.39, 0.29) is 18.1 Å². The van der Waals surface area contributed by atoms with Gasteiger partial charge in [-0.3, -0.25) is 10.2 Å². The van der Waals surface area contributed by atoms with Gasteiger partial charge in [0.1, 0.15) is 17.5 Å². The number of aromatic nitrogens is 1. The number of benzene rings is 2. The molecule has 1 saturated carbocycles. The number of hydrazine groups is 1. The molecule has 0 radical (unpaired) electrons. The number of fused-ring (bicyclic) bond motifs is 2. The standard InChI is InChI=1S/C25H26Cl2N4O2/c26-17-4-9-21-16(12-17)3-8-22(29-21)25(32)31-30-19-6-1-15(11-19)2-7-20-14-28-23-13-18(27)5-10-24(23)33-20/h3-5,8-10,12-13,15,19-20,28,30H,1-2,6-7,11,14H2,(H,31,32). The summed E-state index contributed by atoms with van der Waals surface area (Å²) in [5.41, 5.74) is 8.14. The smallest absolute Gasteiger partial charge is 0.283 e. The fourth-order valence-corrected chi connectivity index (χ4v) is 5.05. The van der Waals surface area contributed by atoms with Crippen molar-refractivity contribution in [3.63, 3.8) is 0 Å². The van der Waals surface area contributed by atoms with Crippen LogP contribution >= 0.6 is 23.2 Å². The van der Waals surface area contributed by atoms with Crippen LogP contribution in [0.4, 0.5) is 5.69 Å². The number of halogens is 2. The molecule has 0 bridgehead atoms. The van der Waals surface area contributed by atoms with Gasteiger partial charge in [-0.2, -0.15) is 0 Å². The second-order valence-corrected chi connectivity index (χ2v) is 9.72. The number of nitrogens with zero attached hydrogens (tertiary/aromatic N) is 1. The zero-order valence-corrected chi connectivity index (χ0v) is 19.6. The third-order valence-electron chi connectivity index (χ3n) is 6.47. The van der Waals surface area contributed by atoms with Crippen LogP contribution in [0.5, 0.6) is 5.75 Å². The zero-order valence-electron chi connectivity index (χ0n) is 18.1. The first kappa shape index (κ1) is 22.3. The van der Waals surface area contributed by atoms with Gasteiger partial charge in [-0.15, -0.1) is 0 Å². The third-order valence-corrected chi connectivity index (χ3v) is 6.94. The highest BCUT2D eigenvalue weighted by Gasteiger charge is 2.27. The lowest BCUT2D eigenvalue weighted by Gasteiger charge is -2.28. The Balaban J connectivity index is 1.07. The maximum absolute atomic E-state index is 12.6. The van der Waals surface area contributed by atoms with Gasteiger partial charge in [0.2, 0.25) is 0 Å². The number of anilines is 1. The minimum Gasteiger partial charge on any atom is -0.486 e. The molecule has 5 rings (SSSR count). The van der Waals surface area contributed by atoms with Gasteiger partial charge in [0.05, 0.1) is 17.7 Å². The van der Waals surface area contributed by atoms with Gasteiger partial charge in [-0.1, -0.05) is 29.3 Å². The van der Waals surface area contributed by atoms with Gasteiger partial charge in [-0.25, -0.2) is 10.4 Å². The van der Waals surface area contributed by atoms with E-state index in [9.17, 15) is 4.79 Å². The van der Waals surface area contributed by atoms with E-state index >= 15 is 0 Å². The Morgan fingerprint density at radius 3 is 2.82 bits per heavy atom. The Bertz CT molecular complexity index is 1170. The summed E-state index contributed by atoms with van der Waals surface area (Å²) in [5, 5.41) is 5.69. The second-order valence-electron chi connectivity index (χ2n) is 8.85. The summed E-state index contributed by atoms with van der Waals surface area (Å²) in [4.78, 5) is 17.0. The van der Waals surface area contributed by atoms with Gasteiger partial charge < -0.3 is 10.1 Å². The van der Waals surface area contributed by atoms with Crippen LogP contribution in [-0.2, 0) is 0 Å².